The molecule has 6 nitrogen and oxygen atoms in total. The Bertz CT molecular complexity index is 854. The Kier molecular flexibility index (Phi) is 5.17. The molecule has 0 amide bonds. The molecule has 0 fully saturated rings. The van der Waals surface area contributed by atoms with Crippen molar-refractivity contribution in [2.24, 2.45) is 0 Å². The zero-order valence-corrected chi connectivity index (χ0v) is 14.2. The Hall–Kier alpha value is -1.70. The van der Waals surface area contributed by atoms with Crippen LogP contribution in [0.3, 0.4) is 0 Å². The van der Waals surface area contributed by atoms with Gasteiger partial charge in [-0.15, -0.1) is 0 Å². The zero-order chi connectivity index (χ0) is 18.1. The van der Waals surface area contributed by atoms with Gasteiger partial charge in [0, 0.05) is 6.20 Å². The van der Waals surface area contributed by atoms with Gasteiger partial charge in [-0.2, -0.15) is 13.2 Å². The maximum absolute atomic E-state index is 13.5. The van der Waals surface area contributed by atoms with E-state index >= 15 is 0 Å². The van der Waals surface area contributed by atoms with E-state index in [1.54, 1.807) is 19.1 Å². The van der Waals surface area contributed by atoms with E-state index in [0.29, 0.717) is 5.56 Å². The van der Waals surface area contributed by atoms with Crippen LogP contribution < -0.4 is 10.8 Å². The summed E-state index contributed by atoms with van der Waals surface area (Å²) in [6, 6.07) is 3.14. The van der Waals surface area contributed by atoms with Crippen LogP contribution in [0.4, 0.5) is 13.2 Å². The Labute approximate surface area is 136 Å². The number of nitrogens with one attached hydrogen (secondary N) is 1. The topological polar surface area (TPSA) is 76.7 Å². The molecular formula is C14H17F3N3O3P. The highest BCUT2D eigenvalue weighted by Crippen LogP contribution is 2.48. The number of hydrogen-bond acceptors (Lipinski definition) is 5. The van der Waals surface area contributed by atoms with Crippen molar-refractivity contribution in [2.45, 2.75) is 26.9 Å². The SMILES string of the molecule is CCOP(=O)(OCC)c1c(C(F)(F)F)nc2c(C)cccn2c1=N. The van der Waals surface area contributed by atoms with Gasteiger partial charge in [-0.25, -0.2) is 4.98 Å². The van der Waals surface area contributed by atoms with E-state index in [0.717, 1.165) is 4.40 Å². The molecule has 0 atom stereocenters. The summed E-state index contributed by atoms with van der Waals surface area (Å²) in [6.45, 7) is 4.27. The number of halogens is 3. The van der Waals surface area contributed by atoms with Crippen LogP contribution in [0.5, 0.6) is 0 Å². The smallest absolute Gasteiger partial charge is 0.305 e. The lowest BCUT2D eigenvalue weighted by atomic mass is 10.3. The lowest BCUT2D eigenvalue weighted by molar-refractivity contribution is -0.140. The van der Waals surface area contributed by atoms with Gasteiger partial charge in [0.05, 0.1) is 13.2 Å². The number of fused-ring (bicyclic) bond motifs is 1. The average Bonchev–Trinajstić information content (AvgIpc) is 2.47. The quantitative estimate of drug-likeness (QED) is 0.829. The molecule has 0 aliphatic rings. The van der Waals surface area contributed by atoms with Gasteiger partial charge in [-0.3, -0.25) is 14.4 Å². The lowest BCUT2D eigenvalue weighted by Crippen LogP contribution is -2.39. The highest BCUT2D eigenvalue weighted by Gasteiger charge is 2.44. The van der Waals surface area contributed by atoms with E-state index in [1.807, 2.05) is 0 Å². The van der Waals surface area contributed by atoms with E-state index in [1.165, 1.54) is 20.0 Å². The van der Waals surface area contributed by atoms with E-state index in [9.17, 15) is 17.7 Å². The second-order valence-electron chi connectivity index (χ2n) is 4.87. The van der Waals surface area contributed by atoms with Gasteiger partial charge in [-0.05, 0) is 32.4 Å². The minimum Gasteiger partial charge on any atom is -0.305 e. The maximum Gasteiger partial charge on any atom is 0.434 e. The number of rotatable bonds is 5. The minimum atomic E-state index is -4.91. The first-order valence-electron chi connectivity index (χ1n) is 7.19. The standard InChI is InChI=1S/C14H17F3N3O3P/c1-4-22-24(21,23-5-2)10-11(14(15,16)17)19-13-9(3)7-6-8-20(13)12(10)18/h6-8,18H,4-5H2,1-3H3. The van der Waals surface area contributed by atoms with Crippen LogP contribution in [0, 0.1) is 12.3 Å². The predicted molar refractivity (Wildman–Crippen MR) is 81.3 cm³/mol. The molecule has 2 aromatic heterocycles. The van der Waals surface area contributed by atoms with Crippen LogP contribution in [-0.2, 0) is 19.8 Å². The fourth-order valence-corrected chi connectivity index (χ4v) is 4.10. The predicted octanol–water partition coefficient (Wildman–Crippen LogP) is 3.03. The lowest BCUT2D eigenvalue weighted by Gasteiger charge is -2.21. The van der Waals surface area contributed by atoms with Crippen molar-refractivity contribution in [1.82, 2.24) is 9.38 Å². The molecule has 0 unspecified atom stereocenters. The first-order chi connectivity index (χ1) is 11.2. The first-order valence-corrected chi connectivity index (χ1v) is 8.73. The zero-order valence-electron chi connectivity index (χ0n) is 13.3. The summed E-state index contributed by atoms with van der Waals surface area (Å²) in [5, 5.41) is 7.29. The summed E-state index contributed by atoms with van der Waals surface area (Å²) >= 11 is 0. The second kappa shape index (κ2) is 6.66. The molecule has 0 spiro atoms. The van der Waals surface area contributed by atoms with Crippen LogP contribution in [-0.4, -0.2) is 22.6 Å². The van der Waals surface area contributed by atoms with E-state index in [4.69, 9.17) is 14.5 Å². The van der Waals surface area contributed by atoms with Crippen molar-refractivity contribution in [2.75, 3.05) is 13.2 Å². The van der Waals surface area contributed by atoms with Crippen LogP contribution in [0.1, 0.15) is 25.1 Å². The van der Waals surface area contributed by atoms with Crippen LogP contribution in [0.2, 0.25) is 0 Å². The Morgan fingerprint density at radius 1 is 1.29 bits per heavy atom. The average molecular weight is 363 g/mol. The molecule has 2 heterocycles. The Balaban J connectivity index is 2.97. The van der Waals surface area contributed by atoms with E-state index in [2.05, 4.69) is 4.98 Å². The third kappa shape index (κ3) is 3.24. The number of nitrogens with zero attached hydrogens (tertiary/aromatic N) is 2. The third-order valence-electron chi connectivity index (χ3n) is 3.21. The van der Waals surface area contributed by atoms with Crippen molar-refractivity contribution >= 4 is 18.5 Å². The highest BCUT2D eigenvalue weighted by atomic mass is 31.2. The molecule has 0 bridgehead atoms. The molecule has 132 valence electrons. The Morgan fingerprint density at radius 3 is 2.38 bits per heavy atom. The van der Waals surface area contributed by atoms with Crippen LogP contribution >= 0.6 is 7.60 Å². The van der Waals surface area contributed by atoms with Crippen molar-refractivity contribution in [3.8, 4) is 0 Å². The molecule has 0 saturated carbocycles. The fraction of sp³-hybridized carbons (Fsp3) is 0.429. The molecule has 0 saturated heterocycles. The maximum atomic E-state index is 13.5. The molecule has 1 N–H and O–H groups in total. The molecule has 2 aromatic rings. The number of pyridine rings is 1. The first kappa shape index (κ1) is 18.6. The van der Waals surface area contributed by atoms with E-state index in [-0.39, 0.29) is 18.9 Å². The molecule has 10 heteroatoms. The molecule has 0 aliphatic carbocycles. The number of aromatic nitrogens is 2. The summed E-state index contributed by atoms with van der Waals surface area (Å²) in [5.74, 6) is 0. The molecule has 0 aliphatic heterocycles. The second-order valence-corrected chi connectivity index (χ2v) is 6.83. The van der Waals surface area contributed by atoms with E-state index < -0.39 is 30.3 Å². The van der Waals surface area contributed by atoms with Crippen molar-refractivity contribution in [3.05, 3.63) is 35.1 Å². The summed E-state index contributed by atoms with van der Waals surface area (Å²) < 4.78 is 64.6. The number of aryl methyl sites for hydroxylation is 1. The minimum absolute atomic E-state index is 0.0434. The third-order valence-corrected chi connectivity index (χ3v) is 5.38. The highest BCUT2D eigenvalue weighted by molar-refractivity contribution is 7.62. The van der Waals surface area contributed by atoms with Gasteiger partial charge < -0.3 is 9.05 Å². The summed E-state index contributed by atoms with van der Waals surface area (Å²) in [5.41, 5.74) is -1.64. The summed E-state index contributed by atoms with van der Waals surface area (Å²) in [6.07, 6.45) is -3.53. The van der Waals surface area contributed by atoms with Crippen molar-refractivity contribution in [1.29, 1.82) is 5.41 Å². The molecule has 0 aromatic carbocycles. The monoisotopic (exact) mass is 363 g/mol. The normalized spacial score (nSPS) is 12.8. The van der Waals surface area contributed by atoms with Gasteiger partial charge in [0.15, 0.2) is 5.69 Å². The van der Waals surface area contributed by atoms with Gasteiger partial charge in [0.1, 0.15) is 16.4 Å². The van der Waals surface area contributed by atoms with Gasteiger partial charge in [0.25, 0.3) is 0 Å². The largest absolute Gasteiger partial charge is 0.434 e. The molecule has 0 radical (unpaired) electrons. The van der Waals surface area contributed by atoms with Crippen LogP contribution in [0.25, 0.3) is 5.65 Å². The summed E-state index contributed by atoms with van der Waals surface area (Å²) in [7, 11) is -4.35. The molecule has 24 heavy (non-hydrogen) atoms. The van der Waals surface area contributed by atoms with Gasteiger partial charge >= 0.3 is 13.8 Å². The van der Waals surface area contributed by atoms with Crippen molar-refractivity contribution < 1.29 is 26.8 Å². The molecular weight excluding hydrogens is 346 g/mol. The van der Waals surface area contributed by atoms with Crippen molar-refractivity contribution in [3.63, 3.8) is 0 Å². The fourth-order valence-electron chi connectivity index (χ4n) is 2.28. The Morgan fingerprint density at radius 2 is 1.88 bits per heavy atom. The summed E-state index contributed by atoms with van der Waals surface area (Å²) in [4.78, 5) is 3.62. The van der Waals surface area contributed by atoms with Gasteiger partial charge in [-0.1, -0.05) is 6.07 Å². The van der Waals surface area contributed by atoms with Gasteiger partial charge in [0.2, 0.25) is 0 Å². The number of hydrogen-bond donors (Lipinski definition) is 1. The van der Waals surface area contributed by atoms with Crippen LogP contribution in [0.15, 0.2) is 18.3 Å². The number of alkyl halides is 3. The molecule has 2 rings (SSSR count).